The van der Waals surface area contributed by atoms with Gasteiger partial charge in [0.15, 0.2) is 11.6 Å². The number of carboxylic acid groups (broad SMARTS) is 1. The predicted octanol–water partition coefficient (Wildman–Crippen LogP) is 15.1. The molecule has 1 saturated heterocycles. The van der Waals surface area contributed by atoms with Crippen LogP contribution < -0.4 is 38.6 Å². The van der Waals surface area contributed by atoms with Gasteiger partial charge in [0.2, 0.25) is 49.1 Å². The summed E-state index contributed by atoms with van der Waals surface area (Å²) in [7, 11) is -7.47. The van der Waals surface area contributed by atoms with E-state index in [0.29, 0.717) is 140 Å². The fraction of sp³-hybridized carbons (Fsp3) is 0.444. The number of halogens is 5. The zero-order chi connectivity index (χ0) is 96.6. The number of anilines is 6. The molecule has 5 aromatic carbocycles. The lowest BCUT2D eigenvalue weighted by Gasteiger charge is -2.33. The van der Waals surface area contributed by atoms with Gasteiger partial charge in [-0.05, 0) is 278 Å². The second kappa shape index (κ2) is 43.8. The summed E-state index contributed by atoms with van der Waals surface area (Å²) in [5.41, 5.74) is 15.1. The summed E-state index contributed by atoms with van der Waals surface area (Å²) in [6.07, 6.45) is 5.59. The van der Waals surface area contributed by atoms with Crippen LogP contribution in [0.4, 0.5) is 34.3 Å². The van der Waals surface area contributed by atoms with Crippen molar-refractivity contribution in [2.75, 3.05) is 108 Å². The Hall–Kier alpha value is -8.38. The molecule has 0 aliphatic carbocycles. The lowest BCUT2D eigenvalue weighted by molar-refractivity contribution is 0.0590. The Morgan fingerprint density at radius 3 is 1.15 bits per heavy atom. The average Bonchev–Trinajstić information content (AvgIpc) is 1.69. The van der Waals surface area contributed by atoms with Gasteiger partial charge in [-0.15, -0.1) is 0 Å². The van der Waals surface area contributed by atoms with E-state index in [1.807, 2.05) is 70.2 Å². The monoisotopic (exact) mass is 2160 g/mol. The van der Waals surface area contributed by atoms with E-state index in [1.54, 1.807) is 98.0 Å². The van der Waals surface area contributed by atoms with Gasteiger partial charge in [0.05, 0.1) is 79.9 Å². The molecule has 0 unspecified atom stereocenters. The number of ether oxygens (including phenoxy) is 2. The van der Waals surface area contributed by atoms with E-state index in [0.717, 1.165) is 111 Å². The largest absolute Gasteiger partial charge is 0.478 e. The van der Waals surface area contributed by atoms with Crippen LogP contribution in [-0.4, -0.2) is 203 Å². The first-order chi connectivity index (χ1) is 60.7. The molecule has 14 rings (SSSR count). The molecule has 0 amide bonds. The number of H-pyrrole nitrogens is 2. The number of nitrogens with one attached hydrogen (secondary N) is 3. The maximum absolute atomic E-state index is 13.7. The highest BCUT2D eigenvalue weighted by molar-refractivity contribution is 9.11. The predicted molar refractivity (Wildman–Crippen MR) is 526 cm³/mol. The summed E-state index contributed by atoms with van der Waals surface area (Å²) in [5, 5.41) is 9.77. The lowest BCUT2D eigenvalue weighted by Crippen LogP contribution is -2.44. The van der Waals surface area contributed by atoms with Crippen LogP contribution in [0.25, 0.3) is 11.1 Å². The van der Waals surface area contributed by atoms with E-state index in [9.17, 15) is 80.8 Å². The first-order valence-corrected chi connectivity index (χ1v) is 53.7. The van der Waals surface area contributed by atoms with Gasteiger partial charge in [0.25, 0.3) is 11.1 Å². The van der Waals surface area contributed by atoms with Crippen molar-refractivity contribution in [1.29, 1.82) is 0 Å². The fourth-order valence-corrected chi connectivity index (χ4v) is 22.6. The number of carbonyl (C=O) groups excluding carboxylic acids is 4. The summed E-state index contributed by atoms with van der Waals surface area (Å²) >= 11 is 13.3. The first-order valence-electron chi connectivity index (χ1n) is 42.1. The molecular weight excluding hydrogens is 2060 g/mol. The second-order valence-corrected chi connectivity index (χ2v) is 49.9. The van der Waals surface area contributed by atoms with Crippen LogP contribution in [0.3, 0.4) is 0 Å². The zero-order valence-corrected chi connectivity index (χ0v) is 86.7. The highest BCUT2D eigenvalue weighted by Crippen LogP contribution is 2.43. The number of esters is 2. The number of Topliss-reactive ketones (excluding diaryl/α,β-unsaturated/α-hetero) is 2. The molecule has 706 valence electrons. The molecule has 4 N–H and O–H groups in total. The molecule has 1 fully saturated rings. The highest BCUT2D eigenvalue weighted by atomic mass is 79.9. The van der Waals surface area contributed by atoms with Crippen molar-refractivity contribution in [3.8, 4) is 11.1 Å². The van der Waals surface area contributed by atoms with Gasteiger partial charge in [-0.2, -0.15) is 0 Å². The van der Waals surface area contributed by atoms with Gasteiger partial charge in [-0.1, -0.05) is 63.7 Å². The van der Waals surface area contributed by atoms with Crippen molar-refractivity contribution in [2.45, 2.75) is 181 Å². The zero-order valence-electron chi connectivity index (χ0n) is 75.5. The Balaban J connectivity index is 0.000000188. The Labute approximate surface area is 799 Å². The molecule has 0 bridgehead atoms. The smallest absolute Gasteiger partial charge is 0.338 e. The van der Waals surface area contributed by atoms with Gasteiger partial charge in [-0.3, -0.25) is 36.4 Å². The van der Waals surface area contributed by atoms with Crippen molar-refractivity contribution < 1.29 is 80.6 Å². The summed E-state index contributed by atoms with van der Waals surface area (Å²) in [5.74, 6) is -1.06. The maximum Gasteiger partial charge on any atom is 0.338 e. The third-order valence-corrected chi connectivity index (χ3v) is 35.7. The fourth-order valence-electron chi connectivity index (χ4n) is 15.6. The molecule has 8 aromatic rings. The number of methoxy groups -OCH3 is 2. The van der Waals surface area contributed by atoms with Crippen molar-refractivity contribution in [2.24, 2.45) is 0 Å². The molecule has 6 aliphatic heterocycles. The van der Waals surface area contributed by atoms with E-state index >= 15 is 0 Å². The minimum atomic E-state index is -3.58. The molecule has 0 radical (unpaired) electrons. The quantitative estimate of drug-likeness (QED) is 0.0278. The van der Waals surface area contributed by atoms with E-state index in [1.165, 1.54) is 51.4 Å². The van der Waals surface area contributed by atoms with Crippen LogP contribution in [0, 0.1) is 27.7 Å². The number of hydrogen-bond acceptors (Lipinski definition) is 23. The number of fused-ring (bicyclic) bond motifs is 5. The molecular formula is C90H111Br4ClN10O20S5. The van der Waals surface area contributed by atoms with Crippen LogP contribution >= 0.6 is 74.4 Å². The number of aromatic amines is 2. The van der Waals surface area contributed by atoms with E-state index in [2.05, 4.69) is 95.9 Å². The molecule has 40 heteroatoms. The van der Waals surface area contributed by atoms with Gasteiger partial charge in [-0.25, -0.2) is 61.5 Å². The number of aromatic nitrogens is 3. The third kappa shape index (κ3) is 24.6. The van der Waals surface area contributed by atoms with E-state index < -0.39 is 87.3 Å². The Morgan fingerprint density at radius 1 is 0.446 bits per heavy atom. The van der Waals surface area contributed by atoms with E-state index in [4.69, 9.17) is 25.1 Å². The number of piperazine rings is 1. The number of carbonyl (C=O) groups is 5. The minimum absolute atomic E-state index is 0.0919. The summed E-state index contributed by atoms with van der Waals surface area (Å²) in [6, 6.07) is 25.4. The van der Waals surface area contributed by atoms with Crippen LogP contribution in [0.2, 0.25) is 0 Å². The summed E-state index contributed by atoms with van der Waals surface area (Å²) in [6.45, 7) is 29.6. The molecule has 130 heavy (non-hydrogen) atoms. The number of aryl methyl sites for hydroxylation is 4. The minimum Gasteiger partial charge on any atom is -0.478 e. The molecule has 30 nitrogen and oxygen atoms in total. The molecule has 3 aromatic heterocycles. The SMILES string of the molecule is CC(C)S(=O)(=O)Cl.CC(C)S(=O)(=O)N1CCc2c(C(=O)O)cc(Br)cc21.COC(=O)c1cc(Br)cc2c1CCN2.COC(=O)c1cc(Br)cc2c1CCN2S(=O)(=O)C(C)C.Cc1cc(C)c(CCC(=O)c2cc(-c3ccc(N4CCN(C)CC4)nc3)cc3c2CCN3S(=O)(=O)C(C)C)c(=O)[nH]1.Cc1cc(C)c(CCC(=O)c2cc(Br)cc3c2CCN3S(=O)(=O)C(C)C)c(=O)[nH]1. The van der Waals surface area contributed by atoms with Crippen molar-refractivity contribution in [3.05, 3.63) is 219 Å². The Morgan fingerprint density at radius 2 is 0.792 bits per heavy atom. The molecule has 9 heterocycles. The normalized spacial score (nSPS) is 14.6. The molecule has 0 saturated carbocycles. The number of hydrogen-bond donors (Lipinski definition) is 4. The second-order valence-electron chi connectivity index (χ2n) is 33.4. The third-order valence-electron chi connectivity index (χ3n) is 23.0. The van der Waals surface area contributed by atoms with Crippen molar-refractivity contribution in [3.63, 3.8) is 0 Å². The maximum atomic E-state index is 13.7. The van der Waals surface area contributed by atoms with Gasteiger partial charge < -0.3 is 39.7 Å². The highest BCUT2D eigenvalue weighted by Gasteiger charge is 2.40. The van der Waals surface area contributed by atoms with Crippen molar-refractivity contribution in [1.82, 2.24) is 19.9 Å². The number of carboxylic acids is 1. The van der Waals surface area contributed by atoms with Crippen molar-refractivity contribution >= 4 is 187 Å². The number of benzene rings is 5. The van der Waals surface area contributed by atoms with Crippen LogP contribution in [0.1, 0.15) is 195 Å². The van der Waals surface area contributed by atoms with Crippen LogP contribution in [-0.2, 0) is 104 Å². The topological polar surface area (TPSA) is 405 Å². The number of sulfonamides is 4. The summed E-state index contributed by atoms with van der Waals surface area (Å²) < 4.78 is 139. The van der Waals surface area contributed by atoms with Crippen LogP contribution in [0.5, 0.6) is 0 Å². The van der Waals surface area contributed by atoms with E-state index in [-0.39, 0.29) is 47.1 Å². The number of ketones is 2. The first kappa shape index (κ1) is 105. The number of pyridine rings is 3. The number of rotatable bonds is 22. The lowest BCUT2D eigenvalue weighted by atomic mass is 9.93. The average molecular weight is 2170 g/mol. The Bertz CT molecular complexity index is 6410. The van der Waals surface area contributed by atoms with Gasteiger partial charge in [0, 0.05) is 151 Å². The number of nitrogens with zero attached hydrogens (tertiary/aromatic N) is 7. The standard InChI is InChI=1S/C31H39N5O4S.C21H25BrN2O4S.C13H16BrNO4S.C12H14BrNO4S.C10H10BrNO2.C3H7ClO2S/c1-20(2)41(39,40)36-11-10-26-27(29(37)8-7-25-21(3)16-22(4)33-31(25)38)17-24(18-28(26)36)23-6-9-30(32-19-23)35-14-12-34(5)13-15-35;1-12(2)29(27,28)24-8-7-17-18(10-15(22)11-19(17)24)20(25)6-5-16-13(3)9-14(4)23-21(16)26;1-8(2)20(17,18)15-5-4-10-11(13(16)19-3)6-9(14)7-12(10)15;1-7(2)19(17,18)14-4-3-9-10(12(15)16)5-8(13)6-11(9)14;1-14-10(13)8-4-6(11)5-9-7(8)2-3-12-9;1-3(2)7(4,5)6/h6,9,16-20H,7-8,10-15H2,1-5H3,(H,33,38);9-12H,5-8H2,1-4H3,(H,23,26);6-8H,4-5H2,1-3H3;5-7H,3-4H2,1-2H3,(H,15,16);4-5,12H,2-3H2,1H3;3H,1-2H3. The van der Waals surface area contributed by atoms with Gasteiger partial charge >= 0.3 is 17.9 Å². The summed E-state index contributed by atoms with van der Waals surface area (Å²) in [4.78, 5) is 101. The molecule has 0 spiro atoms. The van der Waals surface area contributed by atoms with Gasteiger partial charge in [0.1, 0.15) is 5.82 Å². The number of likely N-dealkylation sites (N-methyl/N-ethyl adjacent to an activating group) is 1. The molecule has 0 atom stereocenters. The number of aromatic carboxylic acids is 1. The molecule has 6 aliphatic rings. The Kier molecular flexibility index (Phi) is 35.4. The van der Waals surface area contributed by atoms with Crippen LogP contribution in [0.15, 0.2) is 119 Å².